The lowest BCUT2D eigenvalue weighted by Gasteiger charge is -2.49. The second-order valence-corrected chi connectivity index (χ2v) is 8.61. The van der Waals surface area contributed by atoms with E-state index in [4.69, 9.17) is 4.74 Å². The zero-order chi connectivity index (χ0) is 21.5. The number of carbonyl (C=O) groups excluding carboxylic acids is 3. The summed E-state index contributed by atoms with van der Waals surface area (Å²) in [4.78, 5) is 49.1. The zero-order valence-corrected chi connectivity index (χ0v) is 18.2. The number of esters is 1. The number of aryl methyl sites for hydroxylation is 1. The first kappa shape index (κ1) is 21.4. The Bertz CT molecular complexity index is 910. The maximum Gasteiger partial charge on any atom is 0.352 e. The third kappa shape index (κ3) is 4.04. The van der Waals surface area contributed by atoms with E-state index < -0.39 is 41.2 Å². The summed E-state index contributed by atoms with van der Waals surface area (Å²) in [6.45, 7) is 4.48. The van der Waals surface area contributed by atoms with Crippen LogP contribution in [0.5, 0.6) is 0 Å². The Morgan fingerprint density at radius 3 is 2.72 bits per heavy atom. The first-order valence-electron chi connectivity index (χ1n) is 8.66. The van der Waals surface area contributed by atoms with Crippen LogP contribution in [0.3, 0.4) is 0 Å². The zero-order valence-electron chi connectivity index (χ0n) is 15.8. The predicted octanol–water partition coefficient (Wildman–Crippen LogP) is 0.817. The van der Waals surface area contributed by atoms with Crippen molar-refractivity contribution in [2.45, 2.75) is 38.2 Å². The number of aliphatic carboxylic acids is 1. The molecule has 3 atom stereocenters. The lowest BCUT2D eigenvalue weighted by atomic mass is 10.0. The number of halogens is 1. The lowest BCUT2D eigenvalue weighted by Crippen LogP contribution is -2.71. The molecule has 2 aliphatic heterocycles. The summed E-state index contributed by atoms with van der Waals surface area (Å²) < 4.78 is 7.15. The van der Waals surface area contributed by atoms with Gasteiger partial charge in [0.2, 0.25) is 5.91 Å². The van der Waals surface area contributed by atoms with Gasteiger partial charge in [0, 0.05) is 24.4 Å². The minimum absolute atomic E-state index is 0.190. The van der Waals surface area contributed by atoms with Crippen molar-refractivity contribution in [1.82, 2.24) is 20.0 Å². The molecule has 1 saturated heterocycles. The van der Waals surface area contributed by atoms with Crippen molar-refractivity contribution in [3.8, 4) is 0 Å². The van der Waals surface area contributed by atoms with Gasteiger partial charge in [0.05, 0.1) is 10.2 Å². The fourth-order valence-corrected chi connectivity index (χ4v) is 4.65. The number of amides is 2. The summed E-state index contributed by atoms with van der Waals surface area (Å²) in [5.74, 6) is -2.45. The van der Waals surface area contributed by atoms with Crippen LogP contribution in [0, 0.1) is 6.92 Å². The van der Waals surface area contributed by atoms with Gasteiger partial charge < -0.3 is 15.2 Å². The van der Waals surface area contributed by atoms with Crippen LogP contribution >= 0.6 is 27.7 Å². The molecule has 29 heavy (non-hydrogen) atoms. The highest BCUT2D eigenvalue weighted by Gasteiger charge is 2.54. The van der Waals surface area contributed by atoms with Crippen LogP contribution in [-0.2, 0) is 23.9 Å². The molecule has 156 valence electrons. The second kappa shape index (κ2) is 8.19. The maximum absolute atomic E-state index is 12.6. The van der Waals surface area contributed by atoms with Crippen LogP contribution in [0.2, 0.25) is 0 Å². The minimum atomic E-state index is -1.28. The number of nitrogens with one attached hydrogen (secondary N) is 1. The molecule has 0 aromatic carbocycles. The molecule has 1 aromatic rings. The number of nitrogens with zero attached hydrogens (tertiary/aromatic N) is 3. The molecule has 0 unspecified atom stereocenters. The van der Waals surface area contributed by atoms with E-state index in [9.17, 15) is 24.3 Å². The lowest BCUT2D eigenvalue weighted by molar-refractivity contribution is -0.151. The normalized spacial score (nSPS) is 21.9. The van der Waals surface area contributed by atoms with E-state index in [0.717, 1.165) is 15.1 Å². The molecular formula is C17H19BrN4O6S. The quantitative estimate of drug-likeness (QED) is 0.446. The number of carboxylic acid groups (broad SMARTS) is 1. The first-order valence-corrected chi connectivity index (χ1v) is 10.5. The van der Waals surface area contributed by atoms with Crippen LogP contribution < -0.4 is 5.32 Å². The summed E-state index contributed by atoms with van der Waals surface area (Å²) in [7, 11) is 0. The molecule has 2 aliphatic rings. The van der Waals surface area contributed by atoms with E-state index in [0.29, 0.717) is 5.57 Å². The van der Waals surface area contributed by atoms with Crippen molar-refractivity contribution < 1.29 is 29.0 Å². The van der Waals surface area contributed by atoms with Crippen molar-refractivity contribution in [3.63, 3.8) is 0 Å². The van der Waals surface area contributed by atoms with Crippen LogP contribution in [0.4, 0.5) is 0 Å². The van der Waals surface area contributed by atoms with E-state index in [1.807, 2.05) is 0 Å². The Morgan fingerprint density at radius 2 is 2.17 bits per heavy atom. The average Bonchev–Trinajstić information content (AvgIpc) is 3.00. The standard InChI is InChI=1S/C17H19BrN4O6S/c1-7-11(18)4-21(20-7)8(2)14(24)19-12-15(25)22-13(17(26)27)10(5-28-9(3)23)6-29-16(12)22/h4,8,12,16H,5-6H2,1-3H3,(H,19,24)(H,26,27)/t8-,12-,16-/m1/s1. The molecule has 2 amide bonds. The second-order valence-electron chi connectivity index (χ2n) is 6.65. The Hall–Kier alpha value is -2.34. The molecule has 0 radical (unpaired) electrons. The number of ether oxygens (including phenoxy) is 1. The highest BCUT2D eigenvalue weighted by molar-refractivity contribution is 9.10. The van der Waals surface area contributed by atoms with Crippen molar-refractivity contribution in [2.24, 2.45) is 0 Å². The van der Waals surface area contributed by atoms with Crippen LogP contribution in [-0.4, -0.2) is 67.3 Å². The fourth-order valence-electron chi connectivity index (χ4n) is 3.03. The minimum Gasteiger partial charge on any atom is -0.477 e. The van der Waals surface area contributed by atoms with Gasteiger partial charge in [0.1, 0.15) is 29.8 Å². The number of carbonyl (C=O) groups is 4. The molecule has 12 heteroatoms. The number of aromatic nitrogens is 2. The third-order valence-corrected chi connectivity index (χ3v) is 6.75. The van der Waals surface area contributed by atoms with Gasteiger partial charge in [-0.2, -0.15) is 5.10 Å². The molecule has 1 fully saturated rings. The summed E-state index contributed by atoms with van der Waals surface area (Å²) in [6.07, 6.45) is 1.68. The molecule has 0 bridgehead atoms. The van der Waals surface area contributed by atoms with E-state index in [2.05, 4.69) is 26.3 Å². The van der Waals surface area contributed by atoms with E-state index >= 15 is 0 Å². The van der Waals surface area contributed by atoms with Crippen molar-refractivity contribution in [3.05, 3.63) is 27.6 Å². The number of β-lactam (4-membered cyclic amide) rings is 1. The Kier molecular flexibility index (Phi) is 6.03. The number of hydrogen-bond donors (Lipinski definition) is 2. The van der Waals surface area contributed by atoms with Crippen molar-refractivity contribution in [2.75, 3.05) is 12.4 Å². The molecular weight excluding hydrogens is 468 g/mol. The molecule has 0 saturated carbocycles. The number of rotatable bonds is 6. The van der Waals surface area contributed by atoms with Crippen molar-refractivity contribution >= 4 is 51.4 Å². The summed E-state index contributed by atoms with van der Waals surface area (Å²) >= 11 is 4.65. The molecule has 3 rings (SSSR count). The van der Waals surface area contributed by atoms with Gasteiger partial charge in [-0.1, -0.05) is 0 Å². The van der Waals surface area contributed by atoms with Gasteiger partial charge in [0.25, 0.3) is 5.91 Å². The van der Waals surface area contributed by atoms with Crippen LogP contribution in [0.15, 0.2) is 21.9 Å². The predicted molar refractivity (Wildman–Crippen MR) is 106 cm³/mol. The highest BCUT2D eigenvalue weighted by atomic mass is 79.9. The number of hydrogen-bond acceptors (Lipinski definition) is 7. The van der Waals surface area contributed by atoms with Gasteiger partial charge in [-0.25, -0.2) is 4.79 Å². The third-order valence-electron chi connectivity index (χ3n) is 4.63. The molecule has 2 N–H and O–H groups in total. The highest BCUT2D eigenvalue weighted by Crippen LogP contribution is 2.40. The van der Waals surface area contributed by atoms with Crippen LogP contribution in [0.25, 0.3) is 0 Å². The fraction of sp³-hybridized carbons (Fsp3) is 0.471. The topological polar surface area (TPSA) is 131 Å². The monoisotopic (exact) mass is 486 g/mol. The van der Waals surface area contributed by atoms with Gasteiger partial charge in [-0.15, -0.1) is 11.8 Å². The summed E-state index contributed by atoms with van der Waals surface area (Å²) in [5, 5.41) is 15.9. The van der Waals surface area contributed by atoms with Crippen molar-refractivity contribution in [1.29, 1.82) is 0 Å². The Morgan fingerprint density at radius 1 is 1.48 bits per heavy atom. The molecule has 3 heterocycles. The number of fused-ring (bicyclic) bond motifs is 1. The molecule has 1 aromatic heterocycles. The van der Waals surface area contributed by atoms with Gasteiger partial charge in [0.15, 0.2) is 0 Å². The Balaban J connectivity index is 1.72. The van der Waals surface area contributed by atoms with E-state index in [1.54, 1.807) is 20.0 Å². The number of carboxylic acids is 1. The average molecular weight is 487 g/mol. The maximum atomic E-state index is 12.6. The number of thioether (sulfide) groups is 1. The van der Waals surface area contributed by atoms with Gasteiger partial charge >= 0.3 is 11.9 Å². The van der Waals surface area contributed by atoms with Gasteiger partial charge in [-0.05, 0) is 29.8 Å². The van der Waals surface area contributed by atoms with Crippen LogP contribution in [0.1, 0.15) is 25.6 Å². The molecule has 10 nitrogen and oxygen atoms in total. The first-order chi connectivity index (χ1) is 13.6. The molecule has 0 spiro atoms. The Labute approximate surface area is 178 Å². The van der Waals surface area contributed by atoms with E-state index in [-0.39, 0.29) is 18.1 Å². The smallest absolute Gasteiger partial charge is 0.352 e. The summed E-state index contributed by atoms with van der Waals surface area (Å²) in [6, 6.07) is -1.48. The van der Waals surface area contributed by atoms with Gasteiger partial charge in [-0.3, -0.25) is 24.0 Å². The molecule has 0 aliphatic carbocycles. The van der Waals surface area contributed by atoms with E-state index in [1.165, 1.54) is 23.4 Å². The SMILES string of the molecule is CC(=O)OCC1=C(C(=O)O)N2C(=O)[C@@H](NC(=O)[C@@H](C)n3cc(Br)c(C)n3)[C@H]2SC1. The largest absolute Gasteiger partial charge is 0.477 e. The summed E-state index contributed by atoms with van der Waals surface area (Å²) in [5.41, 5.74) is 0.886.